The summed E-state index contributed by atoms with van der Waals surface area (Å²) in [5.41, 5.74) is 0.996. The molecule has 39 heavy (non-hydrogen) atoms. The van der Waals surface area contributed by atoms with Crippen LogP contribution in [0.5, 0.6) is 28.7 Å². The van der Waals surface area contributed by atoms with E-state index in [1.54, 1.807) is 48.7 Å². The number of aromatic nitrogens is 1. The van der Waals surface area contributed by atoms with E-state index in [0.29, 0.717) is 39.6 Å². The topological polar surface area (TPSA) is 90.4 Å². The molecule has 0 unspecified atom stereocenters. The number of imide groups is 1. The number of hydrogen-bond donors (Lipinski definition) is 0. The van der Waals surface area contributed by atoms with Crippen LogP contribution in [0.3, 0.4) is 0 Å². The number of benzene rings is 3. The van der Waals surface area contributed by atoms with E-state index in [-0.39, 0.29) is 12.2 Å². The summed E-state index contributed by atoms with van der Waals surface area (Å²) >= 11 is 0. The van der Waals surface area contributed by atoms with Gasteiger partial charge in [-0.1, -0.05) is 6.07 Å². The summed E-state index contributed by atoms with van der Waals surface area (Å²) in [6, 6.07) is 15.6. The number of pyridine rings is 1. The second-order valence-electron chi connectivity index (χ2n) is 8.27. The van der Waals surface area contributed by atoms with Crippen molar-refractivity contribution in [3.05, 3.63) is 72.9 Å². The predicted octanol–water partition coefficient (Wildman–Crippen LogP) is 5.92. The SMILES string of the molecule is COc1cc2nccc(Oc3ccc(N4CC(=O)N(c5cccc(OC(F)(F)F)c5)C4=O)cc3)c2cc1OC. The number of hydrogen-bond acceptors (Lipinski definition) is 7. The first kappa shape index (κ1) is 25.6. The van der Waals surface area contributed by atoms with Gasteiger partial charge in [0.15, 0.2) is 11.5 Å². The van der Waals surface area contributed by atoms with Crippen LogP contribution in [0.25, 0.3) is 10.9 Å². The molecule has 5 rings (SSSR count). The van der Waals surface area contributed by atoms with Gasteiger partial charge >= 0.3 is 12.4 Å². The summed E-state index contributed by atoms with van der Waals surface area (Å²) in [5.74, 6) is 0.853. The lowest BCUT2D eigenvalue weighted by Crippen LogP contribution is -2.33. The van der Waals surface area contributed by atoms with Gasteiger partial charge in [0.2, 0.25) is 0 Å². The summed E-state index contributed by atoms with van der Waals surface area (Å²) in [6.07, 6.45) is -3.31. The third-order valence-electron chi connectivity index (χ3n) is 5.86. The zero-order chi connectivity index (χ0) is 27.7. The van der Waals surface area contributed by atoms with Crippen molar-refractivity contribution >= 4 is 34.2 Å². The van der Waals surface area contributed by atoms with E-state index >= 15 is 0 Å². The fourth-order valence-electron chi connectivity index (χ4n) is 4.13. The highest BCUT2D eigenvalue weighted by Crippen LogP contribution is 2.37. The Kier molecular flexibility index (Phi) is 6.60. The molecular formula is C27H20F3N3O6. The van der Waals surface area contributed by atoms with Gasteiger partial charge in [0.1, 0.15) is 23.8 Å². The molecule has 0 bridgehead atoms. The van der Waals surface area contributed by atoms with Gasteiger partial charge in [-0.2, -0.15) is 0 Å². The lowest BCUT2D eigenvalue weighted by molar-refractivity contribution is -0.274. The second kappa shape index (κ2) is 10.0. The minimum atomic E-state index is -4.91. The Morgan fingerprint density at radius 2 is 1.54 bits per heavy atom. The first-order chi connectivity index (χ1) is 18.7. The van der Waals surface area contributed by atoms with Gasteiger partial charge in [-0.05, 0) is 48.5 Å². The normalized spacial score (nSPS) is 13.7. The molecule has 200 valence electrons. The number of urea groups is 1. The number of rotatable bonds is 7. The summed E-state index contributed by atoms with van der Waals surface area (Å²) in [7, 11) is 3.06. The average molecular weight is 539 g/mol. The molecule has 1 aliphatic rings. The third kappa shape index (κ3) is 5.21. The lowest BCUT2D eigenvalue weighted by atomic mass is 10.2. The Bertz CT molecular complexity index is 1560. The molecule has 1 aromatic heterocycles. The van der Waals surface area contributed by atoms with Gasteiger partial charge in [0, 0.05) is 29.4 Å². The molecule has 0 atom stereocenters. The van der Waals surface area contributed by atoms with Crippen molar-refractivity contribution in [2.45, 2.75) is 6.36 Å². The standard InChI is InChI=1S/C27H20F3N3O6/c1-36-23-13-20-21(14-24(23)37-2)31-11-10-22(20)38-18-8-6-16(7-9-18)32-15-25(34)33(26(32)35)17-4-3-5-19(12-17)39-27(28,29)30/h3-14H,15H2,1-2H3. The molecule has 0 saturated carbocycles. The van der Waals surface area contributed by atoms with Crippen LogP contribution >= 0.6 is 0 Å². The molecule has 1 aliphatic heterocycles. The Morgan fingerprint density at radius 3 is 2.23 bits per heavy atom. The van der Waals surface area contributed by atoms with Gasteiger partial charge in [-0.25, -0.2) is 9.69 Å². The highest BCUT2D eigenvalue weighted by molar-refractivity contribution is 6.27. The smallest absolute Gasteiger partial charge is 0.493 e. The number of methoxy groups -OCH3 is 2. The highest BCUT2D eigenvalue weighted by atomic mass is 19.4. The second-order valence-corrected chi connectivity index (χ2v) is 8.27. The van der Waals surface area contributed by atoms with E-state index in [2.05, 4.69) is 9.72 Å². The number of alkyl halides is 3. The van der Waals surface area contributed by atoms with Crippen molar-refractivity contribution in [1.82, 2.24) is 4.98 Å². The summed E-state index contributed by atoms with van der Waals surface area (Å²) in [5, 5.41) is 0.687. The van der Waals surface area contributed by atoms with Gasteiger partial charge in [0.25, 0.3) is 5.91 Å². The molecule has 3 amide bonds. The van der Waals surface area contributed by atoms with E-state index in [1.807, 2.05) is 0 Å². The van der Waals surface area contributed by atoms with Crippen LogP contribution in [0.2, 0.25) is 0 Å². The number of ether oxygens (including phenoxy) is 4. The van der Waals surface area contributed by atoms with Crippen molar-refractivity contribution in [3.8, 4) is 28.7 Å². The van der Waals surface area contributed by atoms with Crippen molar-refractivity contribution < 1.29 is 41.7 Å². The Hall–Kier alpha value is -5.00. The molecule has 9 nitrogen and oxygen atoms in total. The molecule has 3 aromatic carbocycles. The zero-order valence-corrected chi connectivity index (χ0v) is 20.6. The quantitative estimate of drug-likeness (QED) is 0.270. The van der Waals surface area contributed by atoms with Crippen molar-refractivity contribution in [1.29, 1.82) is 0 Å². The maximum atomic E-state index is 13.1. The molecule has 0 N–H and O–H groups in total. The van der Waals surface area contributed by atoms with E-state index in [9.17, 15) is 22.8 Å². The number of halogens is 3. The maximum Gasteiger partial charge on any atom is 0.573 e. The molecular weight excluding hydrogens is 519 g/mol. The lowest BCUT2D eigenvalue weighted by Gasteiger charge is -2.18. The van der Waals surface area contributed by atoms with E-state index in [4.69, 9.17) is 14.2 Å². The fourth-order valence-corrected chi connectivity index (χ4v) is 4.13. The first-order valence-corrected chi connectivity index (χ1v) is 11.5. The van der Waals surface area contributed by atoms with Gasteiger partial charge in [-0.15, -0.1) is 13.2 Å². The Balaban J connectivity index is 1.35. The largest absolute Gasteiger partial charge is 0.573 e. The molecule has 12 heteroatoms. The number of anilines is 2. The van der Waals surface area contributed by atoms with Crippen LogP contribution < -0.4 is 28.7 Å². The number of carbonyl (C=O) groups excluding carboxylic acids is 2. The minimum absolute atomic E-state index is 0.0363. The molecule has 0 radical (unpaired) electrons. The first-order valence-electron chi connectivity index (χ1n) is 11.5. The molecule has 1 saturated heterocycles. The number of carbonyl (C=O) groups is 2. The van der Waals surface area contributed by atoms with Crippen LogP contribution in [-0.4, -0.2) is 44.0 Å². The third-order valence-corrected chi connectivity index (χ3v) is 5.86. The Morgan fingerprint density at radius 1 is 0.821 bits per heavy atom. The van der Waals surface area contributed by atoms with Crippen LogP contribution in [0.1, 0.15) is 0 Å². The molecule has 0 spiro atoms. The highest BCUT2D eigenvalue weighted by Gasteiger charge is 2.38. The summed E-state index contributed by atoms with van der Waals surface area (Å²) in [6.45, 7) is -0.292. The average Bonchev–Trinajstić information content (AvgIpc) is 3.21. The van der Waals surface area contributed by atoms with E-state index in [1.165, 1.54) is 31.3 Å². The van der Waals surface area contributed by atoms with Gasteiger partial charge in [0.05, 0.1) is 25.4 Å². The van der Waals surface area contributed by atoms with Gasteiger partial charge < -0.3 is 18.9 Å². The summed E-state index contributed by atoms with van der Waals surface area (Å²) < 4.78 is 58.4. The van der Waals surface area contributed by atoms with Crippen molar-refractivity contribution in [2.24, 2.45) is 0 Å². The van der Waals surface area contributed by atoms with E-state index in [0.717, 1.165) is 17.0 Å². The zero-order valence-electron chi connectivity index (χ0n) is 20.6. The van der Waals surface area contributed by atoms with E-state index < -0.39 is 24.1 Å². The molecule has 0 aliphatic carbocycles. The van der Waals surface area contributed by atoms with Crippen LogP contribution in [0.15, 0.2) is 72.9 Å². The van der Waals surface area contributed by atoms with Crippen LogP contribution in [-0.2, 0) is 4.79 Å². The predicted molar refractivity (Wildman–Crippen MR) is 135 cm³/mol. The molecule has 2 heterocycles. The van der Waals surface area contributed by atoms with Crippen molar-refractivity contribution in [2.75, 3.05) is 30.6 Å². The number of fused-ring (bicyclic) bond motifs is 1. The molecule has 4 aromatic rings. The summed E-state index contributed by atoms with van der Waals surface area (Å²) in [4.78, 5) is 32.1. The van der Waals surface area contributed by atoms with Crippen molar-refractivity contribution in [3.63, 3.8) is 0 Å². The minimum Gasteiger partial charge on any atom is -0.493 e. The van der Waals surface area contributed by atoms with Gasteiger partial charge in [-0.3, -0.25) is 14.7 Å². The van der Waals surface area contributed by atoms with Crippen LogP contribution in [0.4, 0.5) is 29.3 Å². The Labute approximate surface area is 219 Å². The number of amides is 3. The monoisotopic (exact) mass is 539 g/mol. The maximum absolute atomic E-state index is 13.1. The number of nitrogens with zero attached hydrogens (tertiary/aromatic N) is 3. The molecule has 1 fully saturated rings. The van der Waals surface area contributed by atoms with Crippen LogP contribution in [0, 0.1) is 0 Å². The fraction of sp³-hybridized carbons (Fsp3) is 0.148.